The Bertz CT molecular complexity index is 1500. The van der Waals surface area contributed by atoms with E-state index in [0.29, 0.717) is 0 Å². The molecule has 0 spiro atoms. The van der Waals surface area contributed by atoms with Crippen LogP contribution in [0.5, 0.6) is 0 Å². The molecular weight excluding hydrogens is 553 g/mol. The third-order valence-electron chi connectivity index (χ3n) is 6.21. The lowest BCUT2D eigenvalue weighted by Gasteiger charge is -2.12. The zero-order valence-electron chi connectivity index (χ0n) is 18.8. The largest absolute Gasteiger partial charge is 0.152 e. The van der Waals surface area contributed by atoms with Crippen LogP contribution in [0.3, 0.4) is 0 Å². The summed E-state index contributed by atoms with van der Waals surface area (Å²) in [6, 6.07) is 20.6. The van der Waals surface area contributed by atoms with E-state index in [-0.39, 0.29) is 0 Å². The van der Waals surface area contributed by atoms with Crippen molar-refractivity contribution in [1.29, 1.82) is 0 Å². The van der Waals surface area contributed by atoms with Gasteiger partial charge < -0.3 is 0 Å². The second-order valence-corrected chi connectivity index (χ2v) is 13.4. The molecule has 0 unspecified atom stereocenters. The Morgan fingerprint density at radius 3 is 0.944 bits per heavy atom. The molecule has 0 radical (unpaired) electrons. The number of hydrogen-bond acceptors (Lipinski definition) is 6. The fraction of sp³-hybridized carbons (Fsp3) is 0. The van der Waals surface area contributed by atoms with Crippen molar-refractivity contribution in [2.75, 3.05) is 0 Å². The van der Waals surface area contributed by atoms with Gasteiger partial charge in [0.2, 0.25) is 0 Å². The maximum Gasteiger partial charge on any atom is 0.0421 e. The van der Waals surface area contributed by atoms with E-state index < -0.39 is 0 Å². The normalized spacial score (nSPS) is 11.3. The van der Waals surface area contributed by atoms with Crippen molar-refractivity contribution < 1.29 is 0 Å². The van der Waals surface area contributed by atoms with Gasteiger partial charge in [-0.15, -0.1) is 34.0 Å². The first-order chi connectivity index (χ1) is 17.8. The molecule has 0 N–H and O–H groups in total. The lowest BCUT2D eigenvalue weighted by Crippen LogP contribution is -1.86. The first-order valence-electron chi connectivity index (χ1n) is 11.3. The van der Waals surface area contributed by atoms with Gasteiger partial charge >= 0.3 is 0 Å². The van der Waals surface area contributed by atoms with Gasteiger partial charge in [0, 0.05) is 31.3 Å². The standard InChI is InChI=1S/C30H18S6/c1-7-31-16-19(1)25-4-10-34-28(25)22-13-23(29-26(5-11-35-29)20-2-8-32-17-20)15-24(14-22)30-27(6-12-36-30)21-3-9-33-18-21/h1-18H. The summed E-state index contributed by atoms with van der Waals surface area (Å²) in [5.41, 5.74) is 11.7. The van der Waals surface area contributed by atoms with Crippen LogP contribution in [0.4, 0.5) is 0 Å². The van der Waals surface area contributed by atoms with Crippen molar-refractivity contribution in [3.8, 4) is 64.7 Å². The maximum atomic E-state index is 2.39. The van der Waals surface area contributed by atoms with Crippen LogP contribution < -0.4 is 0 Å². The van der Waals surface area contributed by atoms with Gasteiger partial charge in [-0.05, 0) is 136 Å². The molecule has 6 heterocycles. The van der Waals surface area contributed by atoms with Crippen LogP contribution >= 0.6 is 68.0 Å². The molecule has 6 heteroatoms. The van der Waals surface area contributed by atoms with E-state index in [2.05, 4.69) is 103 Å². The molecule has 36 heavy (non-hydrogen) atoms. The van der Waals surface area contributed by atoms with Crippen LogP contribution in [0, 0.1) is 0 Å². The average Bonchev–Trinajstić information content (AvgIpc) is 3.76. The Balaban J connectivity index is 1.45. The van der Waals surface area contributed by atoms with E-state index in [1.54, 1.807) is 34.0 Å². The van der Waals surface area contributed by atoms with Crippen molar-refractivity contribution in [2.24, 2.45) is 0 Å². The van der Waals surface area contributed by atoms with Gasteiger partial charge in [-0.1, -0.05) is 0 Å². The van der Waals surface area contributed by atoms with Gasteiger partial charge in [0.15, 0.2) is 0 Å². The topological polar surface area (TPSA) is 0 Å². The highest BCUT2D eigenvalue weighted by molar-refractivity contribution is 7.15. The van der Waals surface area contributed by atoms with Gasteiger partial charge in [-0.3, -0.25) is 0 Å². The van der Waals surface area contributed by atoms with Gasteiger partial charge in [0.25, 0.3) is 0 Å². The van der Waals surface area contributed by atoms with E-state index in [0.717, 1.165) is 0 Å². The van der Waals surface area contributed by atoms with Gasteiger partial charge in [-0.2, -0.15) is 34.0 Å². The first kappa shape index (κ1) is 22.6. The zero-order chi connectivity index (χ0) is 23.9. The number of hydrogen-bond donors (Lipinski definition) is 0. The summed E-state index contributed by atoms with van der Waals surface area (Å²) in [7, 11) is 0. The van der Waals surface area contributed by atoms with Gasteiger partial charge in [0.05, 0.1) is 0 Å². The monoisotopic (exact) mass is 570 g/mol. The lowest BCUT2D eigenvalue weighted by atomic mass is 9.96. The molecule has 0 nitrogen and oxygen atoms in total. The van der Waals surface area contributed by atoms with Crippen molar-refractivity contribution in [3.63, 3.8) is 0 Å². The van der Waals surface area contributed by atoms with Crippen LogP contribution in [-0.2, 0) is 0 Å². The molecule has 0 aliphatic heterocycles. The van der Waals surface area contributed by atoms with E-state index in [9.17, 15) is 0 Å². The summed E-state index contributed by atoms with van der Waals surface area (Å²) < 4.78 is 0. The highest BCUT2D eigenvalue weighted by Gasteiger charge is 2.18. The molecule has 1 aromatic carbocycles. The predicted molar refractivity (Wildman–Crippen MR) is 166 cm³/mol. The molecule has 0 fully saturated rings. The second kappa shape index (κ2) is 9.71. The molecule has 174 valence electrons. The number of thiophene rings is 6. The smallest absolute Gasteiger partial charge is 0.0421 e. The third kappa shape index (κ3) is 4.08. The minimum Gasteiger partial charge on any atom is -0.152 e. The zero-order valence-corrected chi connectivity index (χ0v) is 23.7. The fourth-order valence-electron chi connectivity index (χ4n) is 4.55. The molecule has 0 atom stereocenters. The molecule has 7 aromatic rings. The molecule has 0 saturated carbocycles. The van der Waals surface area contributed by atoms with Crippen molar-refractivity contribution in [1.82, 2.24) is 0 Å². The van der Waals surface area contributed by atoms with Crippen LogP contribution in [0.1, 0.15) is 0 Å². The summed E-state index contributed by atoms with van der Waals surface area (Å²) in [6.07, 6.45) is 0. The van der Waals surface area contributed by atoms with Gasteiger partial charge in [0.1, 0.15) is 0 Å². The highest BCUT2D eigenvalue weighted by Crippen LogP contribution is 2.46. The number of rotatable bonds is 6. The predicted octanol–water partition coefficient (Wildman–Crippen LogP) is 12.1. The van der Waals surface area contributed by atoms with Crippen LogP contribution in [0.15, 0.2) is 103 Å². The fourth-order valence-corrected chi connectivity index (χ4v) is 9.24. The Hall–Kier alpha value is -2.58. The van der Waals surface area contributed by atoms with E-state index in [1.165, 1.54) is 64.7 Å². The summed E-state index contributed by atoms with van der Waals surface area (Å²) in [6.45, 7) is 0. The van der Waals surface area contributed by atoms with Crippen molar-refractivity contribution in [3.05, 3.63) is 103 Å². The molecule has 7 rings (SSSR count). The van der Waals surface area contributed by atoms with E-state index >= 15 is 0 Å². The molecule has 0 aliphatic rings. The molecule has 0 bridgehead atoms. The molecule has 6 aromatic heterocycles. The van der Waals surface area contributed by atoms with Crippen molar-refractivity contribution in [2.45, 2.75) is 0 Å². The molecule has 0 amide bonds. The van der Waals surface area contributed by atoms with E-state index in [4.69, 9.17) is 0 Å². The summed E-state index contributed by atoms with van der Waals surface area (Å²) >= 11 is 10.8. The minimum atomic E-state index is 1.29. The highest BCUT2D eigenvalue weighted by atomic mass is 32.1. The van der Waals surface area contributed by atoms with Crippen molar-refractivity contribution >= 4 is 68.0 Å². The lowest BCUT2D eigenvalue weighted by molar-refractivity contribution is 1.66. The van der Waals surface area contributed by atoms with E-state index in [1.807, 2.05) is 34.0 Å². The third-order valence-corrected chi connectivity index (χ3v) is 11.2. The van der Waals surface area contributed by atoms with Crippen LogP contribution in [0.2, 0.25) is 0 Å². The number of benzene rings is 1. The first-order valence-corrected chi connectivity index (χ1v) is 16.8. The SMILES string of the molecule is c1cc(-c2ccsc2-c2cc(-c3sccc3-c3ccsc3)cc(-c3sccc3-c3ccsc3)c2)cs1. The Labute approximate surface area is 234 Å². The Morgan fingerprint density at radius 1 is 0.333 bits per heavy atom. The van der Waals surface area contributed by atoms with Crippen LogP contribution in [-0.4, -0.2) is 0 Å². The van der Waals surface area contributed by atoms with Crippen LogP contribution in [0.25, 0.3) is 64.7 Å². The molecule has 0 saturated heterocycles. The Kier molecular flexibility index (Phi) is 6.10. The maximum absolute atomic E-state index is 2.39. The molecular formula is C30H18S6. The average molecular weight is 571 g/mol. The van der Waals surface area contributed by atoms with Gasteiger partial charge in [-0.25, -0.2) is 0 Å². The summed E-state index contributed by atoms with van der Waals surface area (Å²) in [5, 5.41) is 19.9. The minimum absolute atomic E-state index is 1.29. The Morgan fingerprint density at radius 2 is 0.667 bits per heavy atom. The summed E-state index contributed by atoms with van der Waals surface area (Å²) in [4.78, 5) is 4.00. The quantitative estimate of drug-likeness (QED) is 0.186. The summed E-state index contributed by atoms with van der Waals surface area (Å²) in [5.74, 6) is 0. The second-order valence-electron chi connectivity index (χ2n) is 8.33. The molecule has 0 aliphatic carbocycles.